The molecule has 1 unspecified atom stereocenters. The van der Waals surface area contributed by atoms with Crippen molar-refractivity contribution in [3.8, 4) is 11.5 Å². The number of carbonyl (C=O) groups is 1. The van der Waals surface area contributed by atoms with E-state index in [0.717, 1.165) is 29.1 Å². The van der Waals surface area contributed by atoms with Gasteiger partial charge in [-0.05, 0) is 37.5 Å². The van der Waals surface area contributed by atoms with E-state index in [0.29, 0.717) is 22.2 Å². The Hall–Kier alpha value is -2.87. The summed E-state index contributed by atoms with van der Waals surface area (Å²) in [5.74, 6) is 1.83. The van der Waals surface area contributed by atoms with Gasteiger partial charge in [0, 0.05) is 25.5 Å². The summed E-state index contributed by atoms with van der Waals surface area (Å²) < 4.78 is 12.7. The minimum Gasteiger partial charge on any atom is -0.497 e. The second kappa shape index (κ2) is 9.09. The Morgan fingerprint density at radius 1 is 1.24 bits per heavy atom. The van der Waals surface area contributed by atoms with Crippen molar-refractivity contribution < 1.29 is 14.3 Å². The van der Waals surface area contributed by atoms with Crippen LogP contribution in [0.15, 0.2) is 30.6 Å². The number of ether oxygens (including phenoxy) is 2. The highest BCUT2D eigenvalue weighted by Gasteiger charge is 2.25. The number of carbonyl (C=O) groups excluding carboxylic acids is 1. The summed E-state index contributed by atoms with van der Waals surface area (Å²) in [6.45, 7) is 3.97. The van der Waals surface area contributed by atoms with Gasteiger partial charge in [0.25, 0.3) is 5.91 Å². The number of aryl methyl sites for hydroxylation is 3. The number of amides is 1. The molecule has 3 rings (SSSR count). The van der Waals surface area contributed by atoms with Crippen LogP contribution in [0.5, 0.6) is 11.5 Å². The zero-order valence-electron chi connectivity index (χ0n) is 17.4. The van der Waals surface area contributed by atoms with Crippen molar-refractivity contribution >= 4 is 17.2 Å². The number of methoxy groups -OCH3 is 2. The summed E-state index contributed by atoms with van der Waals surface area (Å²) in [5.41, 5.74) is 1.57. The quantitative estimate of drug-likeness (QED) is 0.608. The van der Waals surface area contributed by atoms with E-state index < -0.39 is 6.04 Å². The molecule has 7 nitrogen and oxygen atoms in total. The molecule has 154 valence electrons. The fourth-order valence-corrected chi connectivity index (χ4v) is 4.20. The molecule has 8 heteroatoms. The highest BCUT2D eigenvalue weighted by Crippen LogP contribution is 2.30. The maximum atomic E-state index is 13.1. The Morgan fingerprint density at radius 3 is 2.48 bits per heavy atom. The van der Waals surface area contributed by atoms with Gasteiger partial charge in [0.1, 0.15) is 28.2 Å². The van der Waals surface area contributed by atoms with Gasteiger partial charge in [0.15, 0.2) is 0 Å². The molecule has 0 aliphatic heterocycles. The molecule has 1 aromatic carbocycles. The van der Waals surface area contributed by atoms with Gasteiger partial charge in [-0.15, -0.1) is 11.3 Å². The molecule has 0 aliphatic rings. The van der Waals surface area contributed by atoms with E-state index in [9.17, 15) is 4.79 Å². The number of thiazole rings is 1. The van der Waals surface area contributed by atoms with Crippen LogP contribution in [-0.2, 0) is 13.5 Å². The van der Waals surface area contributed by atoms with Crippen molar-refractivity contribution in [2.24, 2.45) is 7.05 Å². The molecule has 0 aliphatic carbocycles. The molecular weight excluding hydrogens is 388 g/mol. The van der Waals surface area contributed by atoms with Crippen LogP contribution in [0.25, 0.3) is 0 Å². The number of hydrogen-bond donors (Lipinski definition) is 1. The third kappa shape index (κ3) is 4.59. The van der Waals surface area contributed by atoms with Crippen molar-refractivity contribution in [1.82, 2.24) is 19.9 Å². The standard InChI is InChI=1S/C21H26N4O3S/c1-6-7-17-23-13(2)19(29-17)21(26)24-18(20-22-8-9-25(20)3)14-10-15(27-4)12-16(11-14)28-5/h8-12,18H,6-7H2,1-5H3,(H,24,26). The third-order valence-electron chi connectivity index (χ3n) is 4.61. The number of rotatable bonds is 8. The molecule has 2 heterocycles. The van der Waals surface area contributed by atoms with Crippen LogP contribution in [-0.4, -0.2) is 34.7 Å². The molecule has 2 aromatic heterocycles. The van der Waals surface area contributed by atoms with Crippen LogP contribution < -0.4 is 14.8 Å². The van der Waals surface area contributed by atoms with E-state index in [-0.39, 0.29) is 5.91 Å². The molecule has 0 spiro atoms. The monoisotopic (exact) mass is 414 g/mol. The average Bonchev–Trinajstić information content (AvgIpc) is 3.31. The first kappa shape index (κ1) is 20.9. The number of aromatic nitrogens is 3. The molecule has 1 atom stereocenters. The fourth-order valence-electron chi connectivity index (χ4n) is 3.13. The first-order valence-electron chi connectivity index (χ1n) is 9.44. The van der Waals surface area contributed by atoms with Crippen LogP contribution in [0.3, 0.4) is 0 Å². The average molecular weight is 415 g/mol. The zero-order valence-corrected chi connectivity index (χ0v) is 18.2. The Morgan fingerprint density at radius 2 is 1.93 bits per heavy atom. The van der Waals surface area contributed by atoms with E-state index in [4.69, 9.17) is 9.47 Å². The summed E-state index contributed by atoms with van der Waals surface area (Å²) in [6, 6.07) is 5.09. The van der Waals surface area contributed by atoms with E-state index in [1.165, 1.54) is 11.3 Å². The predicted octanol–water partition coefficient (Wildman–Crippen LogP) is 3.67. The van der Waals surface area contributed by atoms with Gasteiger partial charge in [-0.3, -0.25) is 4.79 Å². The van der Waals surface area contributed by atoms with Crippen molar-refractivity contribution in [1.29, 1.82) is 0 Å². The lowest BCUT2D eigenvalue weighted by Crippen LogP contribution is -2.31. The number of imidazole rings is 1. The van der Waals surface area contributed by atoms with Crippen LogP contribution in [0, 0.1) is 6.92 Å². The largest absolute Gasteiger partial charge is 0.497 e. The highest BCUT2D eigenvalue weighted by atomic mass is 32.1. The lowest BCUT2D eigenvalue weighted by Gasteiger charge is -2.20. The number of benzene rings is 1. The Kier molecular flexibility index (Phi) is 6.53. The SMILES string of the molecule is CCCc1nc(C)c(C(=O)NC(c2cc(OC)cc(OC)c2)c2nccn2C)s1. The molecule has 1 amide bonds. The van der Waals surface area contributed by atoms with E-state index in [1.807, 2.05) is 36.9 Å². The summed E-state index contributed by atoms with van der Waals surface area (Å²) in [5, 5.41) is 4.11. The van der Waals surface area contributed by atoms with E-state index in [1.54, 1.807) is 26.5 Å². The zero-order chi connectivity index (χ0) is 21.0. The Balaban J connectivity index is 2.00. The van der Waals surface area contributed by atoms with Gasteiger partial charge in [0.05, 0.1) is 24.9 Å². The smallest absolute Gasteiger partial charge is 0.264 e. The fraction of sp³-hybridized carbons (Fsp3) is 0.381. The normalized spacial score (nSPS) is 11.9. The minimum absolute atomic E-state index is 0.169. The first-order chi connectivity index (χ1) is 14.0. The molecule has 3 aromatic rings. The van der Waals surface area contributed by atoms with Crippen molar-refractivity contribution in [3.63, 3.8) is 0 Å². The highest BCUT2D eigenvalue weighted by molar-refractivity contribution is 7.13. The lowest BCUT2D eigenvalue weighted by molar-refractivity contribution is 0.0944. The van der Waals surface area contributed by atoms with E-state index >= 15 is 0 Å². The molecule has 0 radical (unpaired) electrons. The second-order valence-corrected chi connectivity index (χ2v) is 7.80. The Labute approximate surface area is 174 Å². The summed E-state index contributed by atoms with van der Waals surface area (Å²) >= 11 is 1.45. The van der Waals surface area contributed by atoms with Gasteiger partial charge >= 0.3 is 0 Å². The van der Waals surface area contributed by atoms with Crippen molar-refractivity contribution in [2.45, 2.75) is 32.7 Å². The Bertz CT molecular complexity index is 973. The van der Waals surface area contributed by atoms with Crippen LogP contribution in [0.2, 0.25) is 0 Å². The second-order valence-electron chi connectivity index (χ2n) is 6.72. The van der Waals surface area contributed by atoms with Crippen LogP contribution >= 0.6 is 11.3 Å². The van der Waals surface area contributed by atoms with Crippen molar-refractivity contribution in [2.75, 3.05) is 14.2 Å². The number of nitrogens with one attached hydrogen (secondary N) is 1. The summed E-state index contributed by atoms with van der Waals surface area (Å²) in [7, 11) is 5.10. The van der Waals surface area contributed by atoms with Crippen molar-refractivity contribution in [3.05, 3.63) is 57.6 Å². The van der Waals surface area contributed by atoms with Gasteiger partial charge < -0.3 is 19.4 Å². The first-order valence-corrected chi connectivity index (χ1v) is 10.3. The molecule has 0 saturated heterocycles. The van der Waals surface area contributed by atoms with Gasteiger partial charge in [-0.1, -0.05) is 6.92 Å². The maximum Gasteiger partial charge on any atom is 0.264 e. The predicted molar refractivity (Wildman–Crippen MR) is 113 cm³/mol. The molecule has 0 bridgehead atoms. The molecule has 1 N–H and O–H groups in total. The van der Waals surface area contributed by atoms with Gasteiger partial charge in [-0.2, -0.15) is 0 Å². The summed E-state index contributed by atoms with van der Waals surface area (Å²) in [4.78, 5) is 22.8. The van der Waals surface area contributed by atoms with Crippen LogP contribution in [0.4, 0.5) is 0 Å². The third-order valence-corrected chi connectivity index (χ3v) is 5.83. The van der Waals surface area contributed by atoms with Gasteiger partial charge in [0.2, 0.25) is 0 Å². The minimum atomic E-state index is -0.470. The van der Waals surface area contributed by atoms with E-state index in [2.05, 4.69) is 22.2 Å². The summed E-state index contributed by atoms with van der Waals surface area (Å²) in [6.07, 6.45) is 5.43. The molecule has 0 saturated carbocycles. The molecule has 0 fully saturated rings. The number of nitrogens with zero attached hydrogens (tertiary/aromatic N) is 3. The number of hydrogen-bond acceptors (Lipinski definition) is 6. The lowest BCUT2D eigenvalue weighted by atomic mass is 10.0. The van der Waals surface area contributed by atoms with Gasteiger partial charge in [-0.25, -0.2) is 9.97 Å². The molecular formula is C21H26N4O3S. The van der Waals surface area contributed by atoms with Crippen LogP contribution in [0.1, 0.15) is 51.1 Å². The topological polar surface area (TPSA) is 78.3 Å². The maximum absolute atomic E-state index is 13.1. The molecule has 29 heavy (non-hydrogen) atoms.